The Kier molecular flexibility index (Phi) is 15.7. The molecular formula is C35H44N4O8. The van der Waals surface area contributed by atoms with E-state index in [0.29, 0.717) is 6.42 Å². The lowest BCUT2D eigenvalue weighted by molar-refractivity contribution is -0.147. The van der Waals surface area contributed by atoms with Gasteiger partial charge in [-0.3, -0.25) is 9.59 Å². The molecule has 3 aromatic rings. The second kappa shape index (κ2) is 20.2. The van der Waals surface area contributed by atoms with Gasteiger partial charge >= 0.3 is 12.1 Å². The van der Waals surface area contributed by atoms with E-state index in [1.54, 1.807) is 6.08 Å². The van der Waals surface area contributed by atoms with Gasteiger partial charge in [0.05, 0.1) is 31.8 Å². The number of carbonyl (C=O) groups excluding carboxylic acids is 4. The van der Waals surface area contributed by atoms with Gasteiger partial charge in [-0.05, 0) is 36.5 Å². The Hall–Kier alpha value is -4.94. The van der Waals surface area contributed by atoms with E-state index in [9.17, 15) is 19.2 Å². The number of H-pyrrole nitrogens is 1. The number of fused-ring (bicyclic) bond motifs is 1. The zero-order valence-corrected chi connectivity index (χ0v) is 26.5. The van der Waals surface area contributed by atoms with Gasteiger partial charge in [0.15, 0.2) is 0 Å². The standard InChI is InChI=1S/C35H44N4O8/c1-3-10-26(21-32(41)36-16-18-45-19-17-40)33(42)38-28(20-27-22-37-30-15-9-8-14-29(27)30)24-46-34(43)31(11-4-2)39-35(44)47-23-25-12-6-5-7-13-25/h3-9,12-15,22,26,28,31,37,40H,1-2,10-11,16-21,23-24H2,(H,36,41)(H,38,42)(H,39,44)/t26-,28-,31+/m0/s1. The minimum atomic E-state index is -1.06. The van der Waals surface area contributed by atoms with Crippen LogP contribution in [0.5, 0.6) is 0 Å². The molecule has 3 amide bonds. The largest absolute Gasteiger partial charge is 0.462 e. The van der Waals surface area contributed by atoms with Crippen molar-refractivity contribution >= 4 is 34.8 Å². The Morgan fingerprint density at radius 1 is 0.915 bits per heavy atom. The van der Waals surface area contributed by atoms with Crippen LogP contribution < -0.4 is 16.0 Å². The van der Waals surface area contributed by atoms with Crippen LogP contribution in [0.4, 0.5) is 4.79 Å². The maximum atomic E-state index is 13.5. The second-order valence-corrected chi connectivity index (χ2v) is 10.8. The van der Waals surface area contributed by atoms with E-state index < -0.39 is 36.0 Å². The Bertz CT molecular complexity index is 1460. The number of benzene rings is 2. The molecule has 0 aliphatic carbocycles. The summed E-state index contributed by atoms with van der Waals surface area (Å²) < 4.78 is 16.1. The number of aromatic amines is 1. The molecule has 1 heterocycles. The summed E-state index contributed by atoms with van der Waals surface area (Å²) in [4.78, 5) is 54.9. The summed E-state index contributed by atoms with van der Waals surface area (Å²) in [6, 6.07) is 15.1. The molecule has 0 unspecified atom stereocenters. The fourth-order valence-corrected chi connectivity index (χ4v) is 4.82. The molecule has 0 aliphatic heterocycles. The molecule has 47 heavy (non-hydrogen) atoms. The quantitative estimate of drug-likeness (QED) is 0.0666. The molecule has 0 aliphatic rings. The monoisotopic (exact) mass is 648 g/mol. The highest BCUT2D eigenvalue weighted by molar-refractivity contribution is 5.87. The summed E-state index contributed by atoms with van der Waals surface area (Å²) in [5.74, 6) is -2.17. The first kappa shape index (κ1) is 36.5. The summed E-state index contributed by atoms with van der Waals surface area (Å²) in [6.45, 7) is 7.75. The van der Waals surface area contributed by atoms with Gasteiger partial charge in [-0.15, -0.1) is 13.2 Å². The van der Waals surface area contributed by atoms with Crippen molar-refractivity contribution in [1.82, 2.24) is 20.9 Å². The van der Waals surface area contributed by atoms with Crippen LogP contribution in [-0.4, -0.2) is 79.0 Å². The first-order valence-electron chi connectivity index (χ1n) is 15.5. The summed E-state index contributed by atoms with van der Waals surface area (Å²) in [5, 5.41) is 18.0. The zero-order chi connectivity index (χ0) is 33.9. The number of aliphatic hydroxyl groups is 1. The van der Waals surface area contributed by atoms with Gasteiger partial charge in [-0.1, -0.05) is 60.7 Å². The summed E-state index contributed by atoms with van der Waals surface area (Å²) in [7, 11) is 0. The van der Waals surface area contributed by atoms with Crippen molar-refractivity contribution in [1.29, 1.82) is 0 Å². The number of para-hydroxylation sites is 1. The van der Waals surface area contributed by atoms with Crippen LogP contribution >= 0.6 is 0 Å². The van der Waals surface area contributed by atoms with Crippen LogP contribution in [0.2, 0.25) is 0 Å². The summed E-state index contributed by atoms with van der Waals surface area (Å²) in [5.41, 5.74) is 2.60. The molecular weight excluding hydrogens is 604 g/mol. The third-order valence-corrected chi connectivity index (χ3v) is 7.16. The third-order valence-electron chi connectivity index (χ3n) is 7.16. The minimum Gasteiger partial charge on any atom is -0.462 e. The van der Waals surface area contributed by atoms with E-state index in [0.717, 1.165) is 22.0 Å². The van der Waals surface area contributed by atoms with Crippen molar-refractivity contribution in [3.8, 4) is 0 Å². The first-order chi connectivity index (χ1) is 22.8. The predicted molar refractivity (Wildman–Crippen MR) is 177 cm³/mol. The lowest BCUT2D eigenvalue weighted by Gasteiger charge is -2.23. The lowest BCUT2D eigenvalue weighted by Crippen LogP contribution is -2.46. The number of hydrogen-bond donors (Lipinski definition) is 5. The number of alkyl carbamates (subject to hydrolysis) is 1. The van der Waals surface area contributed by atoms with Crippen LogP contribution in [-0.2, 0) is 41.6 Å². The van der Waals surface area contributed by atoms with Gasteiger partial charge in [-0.25, -0.2) is 9.59 Å². The van der Waals surface area contributed by atoms with E-state index in [4.69, 9.17) is 19.3 Å². The van der Waals surface area contributed by atoms with Gasteiger partial charge < -0.3 is 40.3 Å². The molecule has 12 nitrogen and oxygen atoms in total. The number of aliphatic hydroxyl groups excluding tert-OH is 1. The van der Waals surface area contributed by atoms with Crippen LogP contribution in [0.25, 0.3) is 10.9 Å². The van der Waals surface area contributed by atoms with Crippen LogP contribution in [0.1, 0.15) is 30.4 Å². The van der Waals surface area contributed by atoms with Gasteiger partial charge in [-0.2, -0.15) is 0 Å². The van der Waals surface area contributed by atoms with Gasteiger partial charge in [0, 0.05) is 30.1 Å². The highest BCUT2D eigenvalue weighted by atomic mass is 16.6. The fraction of sp³-hybridized carbons (Fsp3) is 0.371. The van der Waals surface area contributed by atoms with E-state index in [-0.39, 0.29) is 64.7 Å². The molecule has 0 fully saturated rings. The number of nitrogens with one attached hydrogen (secondary N) is 4. The number of hydrogen-bond acceptors (Lipinski definition) is 8. The van der Waals surface area contributed by atoms with Gasteiger partial charge in [0.25, 0.3) is 0 Å². The van der Waals surface area contributed by atoms with Gasteiger partial charge in [0.2, 0.25) is 11.8 Å². The Labute approximate surface area is 274 Å². The SMILES string of the molecule is C=CC[C@@H](CC(=O)NCCOCCO)C(=O)N[C@H](COC(=O)[C@@H](CC=C)NC(=O)OCc1ccccc1)Cc1c[nH]c2ccccc12. The molecule has 252 valence electrons. The Morgan fingerprint density at radius 3 is 2.40 bits per heavy atom. The van der Waals surface area contributed by atoms with E-state index in [1.807, 2.05) is 60.8 Å². The summed E-state index contributed by atoms with van der Waals surface area (Å²) in [6.07, 6.45) is 4.68. The molecule has 0 bridgehead atoms. The van der Waals surface area contributed by atoms with E-state index in [1.165, 1.54) is 6.08 Å². The number of amides is 3. The number of ether oxygens (including phenoxy) is 3. The lowest BCUT2D eigenvalue weighted by atomic mass is 9.98. The molecule has 0 saturated heterocycles. The predicted octanol–water partition coefficient (Wildman–Crippen LogP) is 3.32. The van der Waals surface area contributed by atoms with Crippen molar-refractivity contribution in [3.63, 3.8) is 0 Å². The second-order valence-electron chi connectivity index (χ2n) is 10.8. The van der Waals surface area contributed by atoms with Crippen LogP contribution in [0.3, 0.4) is 0 Å². The van der Waals surface area contributed by atoms with Crippen molar-refractivity contribution in [2.45, 2.75) is 44.4 Å². The van der Waals surface area contributed by atoms with Gasteiger partial charge in [0.1, 0.15) is 19.3 Å². The zero-order valence-electron chi connectivity index (χ0n) is 26.5. The fourth-order valence-electron chi connectivity index (χ4n) is 4.82. The number of rotatable bonds is 21. The van der Waals surface area contributed by atoms with Crippen molar-refractivity contribution < 1.29 is 38.5 Å². The molecule has 5 N–H and O–H groups in total. The molecule has 2 aromatic carbocycles. The summed E-state index contributed by atoms with van der Waals surface area (Å²) >= 11 is 0. The molecule has 0 radical (unpaired) electrons. The molecule has 0 saturated carbocycles. The molecule has 12 heteroatoms. The van der Waals surface area contributed by atoms with Crippen LogP contribution in [0, 0.1) is 5.92 Å². The van der Waals surface area contributed by atoms with Crippen molar-refractivity contribution in [2.75, 3.05) is 33.0 Å². The molecule has 0 spiro atoms. The Balaban J connectivity index is 1.66. The average Bonchev–Trinajstić information content (AvgIpc) is 3.48. The van der Waals surface area contributed by atoms with Crippen LogP contribution in [0.15, 0.2) is 86.1 Å². The first-order valence-corrected chi connectivity index (χ1v) is 15.5. The highest BCUT2D eigenvalue weighted by Crippen LogP contribution is 2.20. The average molecular weight is 649 g/mol. The molecule has 3 rings (SSSR count). The number of aromatic nitrogens is 1. The Morgan fingerprint density at radius 2 is 1.66 bits per heavy atom. The molecule has 1 aromatic heterocycles. The van der Waals surface area contributed by atoms with Crippen molar-refractivity contribution in [3.05, 3.63) is 97.2 Å². The number of esters is 1. The van der Waals surface area contributed by atoms with E-state index >= 15 is 0 Å². The topological polar surface area (TPSA) is 168 Å². The molecule has 3 atom stereocenters. The van der Waals surface area contributed by atoms with E-state index in [2.05, 4.69) is 34.1 Å². The maximum absolute atomic E-state index is 13.5. The maximum Gasteiger partial charge on any atom is 0.408 e. The minimum absolute atomic E-state index is 0.0304. The number of carbonyl (C=O) groups is 4. The number of allylic oxidation sites excluding steroid dienone is 1. The smallest absolute Gasteiger partial charge is 0.408 e. The third kappa shape index (κ3) is 12.8. The van der Waals surface area contributed by atoms with Crippen molar-refractivity contribution in [2.24, 2.45) is 5.92 Å². The normalized spacial score (nSPS) is 12.7. The highest BCUT2D eigenvalue weighted by Gasteiger charge is 2.27.